The Balaban J connectivity index is 0.000000256. The Kier molecular flexibility index (Phi) is 7.83. The maximum Gasteiger partial charge on any atom is 0.211 e. The zero-order valence-corrected chi connectivity index (χ0v) is 20.2. The predicted molar refractivity (Wildman–Crippen MR) is 140 cm³/mol. The third-order valence-corrected chi connectivity index (χ3v) is 6.13. The van der Waals surface area contributed by atoms with Gasteiger partial charge >= 0.3 is 0 Å². The Morgan fingerprint density at radius 1 is 1.00 bits per heavy atom. The molecule has 5 rings (SSSR count). The van der Waals surface area contributed by atoms with Crippen LogP contribution in [0.4, 0.5) is 15.9 Å². The molecule has 1 atom stereocenters. The van der Waals surface area contributed by atoms with E-state index in [1.54, 1.807) is 0 Å². The molecule has 1 N–H and O–H groups in total. The van der Waals surface area contributed by atoms with Crippen LogP contribution in [0.2, 0.25) is 0 Å². The summed E-state index contributed by atoms with van der Waals surface area (Å²) in [6.45, 7) is 5.23. The van der Waals surface area contributed by atoms with Gasteiger partial charge in [0.1, 0.15) is 11.5 Å². The highest BCUT2D eigenvalue weighted by molar-refractivity contribution is 6.00. The van der Waals surface area contributed by atoms with Crippen LogP contribution in [0.3, 0.4) is 0 Å². The normalized spacial score (nSPS) is 15.5. The molecule has 1 aliphatic heterocycles. The predicted octanol–water partition coefficient (Wildman–Crippen LogP) is 4.70. The first kappa shape index (κ1) is 24.8. The number of nitrogens with zero attached hydrogens (tertiary/aromatic N) is 5. The molecule has 0 unspecified atom stereocenters. The van der Waals surface area contributed by atoms with Crippen molar-refractivity contribution in [3.63, 3.8) is 0 Å². The van der Waals surface area contributed by atoms with Crippen LogP contribution >= 0.6 is 0 Å². The van der Waals surface area contributed by atoms with Gasteiger partial charge in [0.25, 0.3) is 0 Å². The first-order chi connectivity index (χ1) is 17.5. The zero-order chi connectivity index (χ0) is 25.5. The van der Waals surface area contributed by atoms with Gasteiger partial charge in [-0.05, 0) is 50.4 Å². The summed E-state index contributed by atoms with van der Waals surface area (Å²) >= 11 is 0. The quantitative estimate of drug-likeness (QED) is 0.425. The highest BCUT2D eigenvalue weighted by Crippen LogP contribution is 2.32. The molecule has 1 aliphatic rings. The number of carbonyl (C=O) groups is 1. The lowest BCUT2D eigenvalue weighted by Crippen LogP contribution is -2.51. The molecular formula is C28H27FN6O. The summed E-state index contributed by atoms with van der Waals surface area (Å²) in [5, 5.41) is 22.8. The number of fused-ring (bicyclic) bond motifs is 1. The number of rotatable bonds is 4. The minimum absolute atomic E-state index is 0.309. The third-order valence-electron chi connectivity index (χ3n) is 6.13. The monoisotopic (exact) mass is 482 g/mol. The van der Waals surface area contributed by atoms with Crippen LogP contribution < -0.4 is 10.2 Å². The largest absolute Gasteiger partial charge is 0.349 e. The van der Waals surface area contributed by atoms with Gasteiger partial charge in [-0.15, -0.1) is 10.2 Å². The Hall–Kier alpha value is -4.35. The van der Waals surface area contributed by atoms with E-state index in [0.717, 1.165) is 47.5 Å². The Labute approximate surface area is 209 Å². The van der Waals surface area contributed by atoms with Crippen LogP contribution in [0.1, 0.15) is 12.5 Å². The molecule has 4 aromatic rings. The first-order valence-corrected chi connectivity index (χ1v) is 11.7. The fourth-order valence-electron chi connectivity index (χ4n) is 4.29. The highest BCUT2D eigenvalue weighted by Gasteiger charge is 2.25. The van der Waals surface area contributed by atoms with Crippen molar-refractivity contribution in [2.24, 2.45) is 0 Å². The molecule has 7 nitrogen and oxygen atoms in total. The summed E-state index contributed by atoms with van der Waals surface area (Å²) in [5.41, 5.74) is 3.08. The summed E-state index contributed by atoms with van der Waals surface area (Å²) in [7, 11) is 2.16. The van der Waals surface area contributed by atoms with Crippen molar-refractivity contribution in [2.45, 2.75) is 13.0 Å². The fourth-order valence-corrected chi connectivity index (χ4v) is 4.29. The highest BCUT2D eigenvalue weighted by atomic mass is 19.1. The number of nitriles is 1. The summed E-state index contributed by atoms with van der Waals surface area (Å²) < 4.78 is 12.2. The summed E-state index contributed by atoms with van der Waals surface area (Å²) in [6.07, 6.45) is 0.549. The number of halogens is 1. The number of hydrogen-bond acceptors (Lipinski definition) is 6. The van der Waals surface area contributed by atoms with Gasteiger partial charge in [-0.1, -0.05) is 36.4 Å². The lowest BCUT2D eigenvalue weighted by Gasteiger charge is -2.39. The molecule has 3 aromatic carbocycles. The smallest absolute Gasteiger partial charge is 0.211 e. The number of amides is 1. The lowest BCUT2D eigenvalue weighted by atomic mass is 10.0. The second kappa shape index (κ2) is 11.4. The van der Waals surface area contributed by atoms with Crippen LogP contribution in [0, 0.1) is 17.1 Å². The number of nitrogens with one attached hydrogen (secondary N) is 1. The van der Waals surface area contributed by atoms with Gasteiger partial charge in [0.15, 0.2) is 5.82 Å². The molecule has 0 aliphatic carbocycles. The molecule has 182 valence electrons. The molecular weight excluding hydrogens is 455 g/mol. The molecule has 0 bridgehead atoms. The first-order valence-electron chi connectivity index (χ1n) is 11.7. The molecule has 1 saturated heterocycles. The number of carbonyl (C=O) groups excluding carboxylic acids is 1. The van der Waals surface area contributed by atoms with Gasteiger partial charge in [-0.25, -0.2) is 4.39 Å². The Morgan fingerprint density at radius 3 is 2.33 bits per heavy atom. The van der Waals surface area contributed by atoms with Gasteiger partial charge in [0.2, 0.25) is 6.41 Å². The van der Waals surface area contributed by atoms with Crippen molar-refractivity contribution in [3.8, 4) is 17.3 Å². The van der Waals surface area contributed by atoms with Crippen LogP contribution in [0.25, 0.3) is 22.0 Å². The number of hydrogen-bond donors (Lipinski definition) is 1. The maximum absolute atomic E-state index is 12.2. The van der Waals surface area contributed by atoms with E-state index < -0.39 is 0 Å². The van der Waals surface area contributed by atoms with Crippen molar-refractivity contribution in [1.82, 2.24) is 15.1 Å². The fraction of sp³-hybridized carbons (Fsp3) is 0.214. The second-order valence-corrected chi connectivity index (χ2v) is 8.68. The molecule has 0 saturated carbocycles. The lowest BCUT2D eigenvalue weighted by molar-refractivity contribution is -0.105. The van der Waals surface area contributed by atoms with Crippen LogP contribution in [-0.4, -0.2) is 54.2 Å². The average Bonchev–Trinajstić information content (AvgIpc) is 2.90. The van der Waals surface area contributed by atoms with E-state index in [-0.39, 0.29) is 5.82 Å². The summed E-state index contributed by atoms with van der Waals surface area (Å²) in [5.74, 6) is 0.648. The van der Waals surface area contributed by atoms with Crippen molar-refractivity contribution < 1.29 is 9.18 Å². The van der Waals surface area contributed by atoms with Crippen LogP contribution in [0.15, 0.2) is 72.8 Å². The average molecular weight is 483 g/mol. The number of aromatic nitrogens is 2. The van der Waals surface area contributed by atoms with E-state index >= 15 is 0 Å². The molecule has 2 heterocycles. The third kappa shape index (κ3) is 5.65. The van der Waals surface area contributed by atoms with Crippen molar-refractivity contribution in [3.05, 3.63) is 84.2 Å². The maximum atomic E-state index is 12.2. The van der Waals surface area contributed by atoms with E-state index in [1.807, 2.05) is 30.3 Å². The van der Waals surface area contributed by atoms with E-state index in [0.29, 0.717) is 23.7 Å². The SMILES string of the molecule is C[C@H]1CN(C)CCN1c1nnc(-c2ccc(C#N)cc2)c2ccccc12.O=CNc1ccc(F)cc1. The van der Waals surface area contributed by atoms with Crippen molar-refractivity contribution >= 4 is 28.7 Å². The number of likely N-dealkylation sites (N-methyl/N-ethyl adjacent to an activating group) is 1. The van der Waals surface area contributed by atoms with E-state index in [2.05, 4.69) is 63.6 Å². The van der Waals surface area contributed by atoms with E-state index in [1.165, 1.54) is 24.3 Å². The molecule has 0 radical (unpaired) electrons. The van der Waals surface area contributed by atoms with Gasteiger partial charge in [0.05, 0.1) is 11.6 Å². The van der Waals surface area contributed by atoms with Gasteiger partial charge in [-0.2, -0.15) is 5.26 Å². The van der Waals surface area contributed by atoms with Crippen molar-refractivity contribution in [2.75, 3.05) is 36.9 Å². The van der Waals surface area contributed by atoms with Gasteiger partial charge in [-0.3, -0.25) is 4.79 Å². The Morgan fingerprint density at radius 2 is 1.69 bits per heavy atom. The molecule has 36 heavy (non-hydrogen) atoms. The number of benzene rings is 3. The number of anilines is 2. The van der Waals surface area contributed by atoms with Crippen LogP contribution in [-0.2, 0) is 4.79 Å². The minimum atomic E-state index is -0.309. The van der Waals surface area contributed by atoms with Gasteiger partial charge in [0, 0.05) is 47.7 Å². The molecule has 0 spiro atoms. The Bertz CT molecular complexity index is 1370. The zero-order valence-electron chi connectivity index (χ0n) is 20.2. The molecule has 1 amide bonds. The summed E-state index contributed by atoms with van der Waals surface area (Å²) in [6, 6.07) is 23.9. The molecule has 8 heteroatoms. The topological polar surface area (TPSA) is 85.2 Å². The van der Waals surface area contributed by atoms with Crippen LogP contribution in [0.5, 0.6) is 0 Å². The molecule has 1 fully saturated rings. The van der Waals surface area contributed by atoms with Crippen molar-refractivity contribution in [1.29, 1.82) is 5.26 Å². The molecule has 1 aromatic heterocycles. The van der Waals surface area contributed by atoms with E-state index in [4.69, 9.17) is 5.26 Å². The standard InChI is InChI=1S/C21H21N5.C7H6FNO/c1-15-14-25(2)11-12-26(15)21-19-6-4-3-5-18(19)20(23-24-21)17-9-7-16(13-22)8-10-17;8-6-1-3-7(4-2-6)9-5-10/h3-10,15H,11-12,14H2,1-2H3;1-5H,(H,9,10)/t15-;/m0./s1. The van der Waals surface area contributed by atoms with E-state index in [9.17, 15) is 9.18 Å². The van der Waals surface area contributed by atoms with Gasteiger partial charge < -0.3 is 15.1 Å². The minimum Gasteiger partial charge on any atom is -0.349 e. The second-order valence-electron chi connectivity index (χ2n) is 8.68. The summed E-state index contributed by atoms with van der Waals surface area (Å²) in [4.78, 5) is 14.6. The number of piperazine rings is 1.